The molecule has 0 aliphatic carbocycles. The van der Waals surface area contributed by atoms with Crippen LogP contribution in [0, 0.1) is 20.8 Å². The van der Waals surface area contributed by atoms with Gasteiger partial charge in [-0.15, -0.1) is 0 Å². The molecule has 1 fully saturated rings. The lowest BCUT2D eigenvalue weighted by Crippen LogP contribution is -2.46. The molecule has 1 aliphatic heterocycles. The van der Waals surface area contributed by atoms with Gasteiger partial charge in [-0.25, -0.2) is 9.97 Å². The van der Waals surface area contributed by atoms with Crippen LogP contribution in [0.3, 0.4) is 0 Å². The molecule has 1 atom stereocenters. The van der Waals surface area contributed by atoms with Crippen molar-refractivity contribution < 1.29 is 14.4 Å². The maximum atomic E-state index is 12.6. The molecule has 3 rings (SSSR count). The lowest BCUT2D eigenvalue weighted by atomic mass is 10.0. The van der Waals surface area contributed by atoms with Crippen LogP contribution in [0.15, 0.2) is 16.9 Å². The molecule has 1 saturated heterocycles. The molecule has 8 nitrogen and oxygen atoms in total. The summed E-state index contributed by atoms with van der Waals surface area (Å²) in [7, 11) is 1.72. The van der Waals surface area contributed by atoms with E-state index in [2.05, 4.69) is 15.1 Å². The normalized spacial score (nSPS) is 19.8. The van der Waals surface area contributed by atoms with Gasteiger partial charge in [0.1, 0.15) is 23.5 Å². The number of hydrogen-bond acceptors (Lipinski definition) is 7. The van der Waals surface area contributed by atoms with E-state index in [4.69, 9.17) is 4.52 Å². The number of carbonyl (C=O) groups excluding carboxylic acids is 1. The van der Waals surface area contributed by atoms with E-state index in [0.29, 0.717) is 25.3 Å². The number of aliphatic hydroxyl groups is 1. The van der Waals surface area contributed by atoms with E-state index >= 15 is 0 Å². The van der Waals surface area contributed by atoms with Gasteiger partial charge < -0.3 is 19.4 Å². The average molecular weight is 359 g/mol. The second kappa shape index (κ2) is 7.03. The molecule has 0 aromatic carbocycles. The minimum atomic E-state index is -0.956. The minimum Gasteiger partial charge on any atom is -0.386 e. The van der Waals surface area contributed by atoms with Gasteiger partial charge >= 0.3 is 0 Å². The Kier molecular flexibility index (Phi) is 4.95. The molecule has 8 heteroatoms. The largest absolute Gasteiger partial charge is 0.386 e. The van der Waals surface area contributed by atoms with E-state index < -0.39 is 5.60 Å². The molecule has 1 amide bonds. The molecule has 0 saturated carbocycles. The van der Waals surface area contributed by atoms with Crippen LogP contribution in [0.25, 0.3) is 0 Å². The lowest BCUT2D eigenvalue weighted by molar-refractivity contribution is -0.132. The molecule has 3 heterocycles. The maximum Gasteiger partial charge on any atom is 0.227 e. The van der Waals surface area contributed by atoms with E-state index in [0.717, 1.165) is 22.8 Å². The Hall–Kier alpha value is -2.48. The van der Waals surface area contributed by atoms with Gasteiger partial charge in [0.15, 0.2) is 0 Å². The van der Waals surface area contributed by atoms with E-state index in [9.17, 15) is 9.90 Å². The number of nitrogens with zero attached hydrogens (tertiary/aromatic N) is 5. The Morgan fingerprint density at radius 3 is 2.81 bits per heavy atom. The van der Waals surface area contributed by atoms with Gasteiger partial charge in [-0.2, -0.15) is 0 Å². The third kappa shape index (κ3) is 3.85. The topological polar surface area (TPSA) is 95.6 Å². The first kappa shape index (κ1) is 18.3. The molecule has 26 heavy (non-hydrogen) atoms. The molecule has 0 unspecified atom stereocenters. The van der Waals surface area contributed by atoms with Gasteiger partial charge in [0.25, 0.3) is 0 Å². The third-order valence-electron chi connectivity index (χ3n) is 4.91. The summed E-state index contributed by atoms with van der Waals surface area (Å²) in [5.74, 6) is 1.40. The van der Waals surface area contributed by atoms with Crippen molar-refractivity contribution in [3.05, 3.63) is 35.1 Å². The van der Waals surface area contributed by atoms with Crippen LogP contribution >= 0.6 is 0 Å². The zero-order valence-corrected chi connectivity index (χ0v) is 15.7. The molecule has 2 aromatic rings. The number of β-amino-alcohol motifs (C(OH)–C–C–N with tert-alkyl or cyclic N) is 1. The highest BCUT2D eigenvalue weighted by Gasteiger charge is 2.38. The first-order valence-electron chi connectivity index (χ1n) is 8.69. The van der Waals surface area contributed by atoms with Crippen molar-refractivity contribution in [2.24, 2.45) is 0 Å². The van der Waals surface area contributed by atoms with Crippen molar-refractivity contribution in [2.45, 2.75) is 39.2 Å². The zero-order valence-electron chi connectivity index (χ0n) is 15.7. The summed E-state index contributed by atoms with van der Waals surface area (Å²) in [5.41, 5.74) is 1.48. The number of aryl methyl sites for hydroxylation is 3. The maximum absolute atomic E-state index is 12.6. The average Bonchev–Trinajstić information content (AvgIpc) is 3.12. The van der Waals surface area contributed by atoms with Crippen molar-refractivity contribution in [1.29, 1.82) is 0 Å². The molecule has 0 spiro atoms. The second-order valence-corrected chi connectivity index (χ2v) is 7.14. The van der Waals surface area contributed by atoms with Crippen molar-refractivity contribution in [3.63, 3.8) is 0 Å². The number of rotatable bonds is 5. The Labute approximate surface area is 152 Å². The van der Waals surface area contributed by atoms with Crippen LogP contribution in [0.2, 0.25) is 0 Å². The fourth-order valence-corrected chi connectivity index (χ4v) is 3.36. The quantitative estimate of drug-likeness (QED) is 0.852. The van der Waals surface area contributed by atoms with Gasteiger partial charge in [0.05, 0.1) is 18.7 Å². The number of hydrogen-bond donors (Lipinski definition) is 1. The predicted molar refractivity (Wildman–Crippen MR) is 95.9 cm³/mol. The highest BCUT2D eigenvalue weighted by atomic mass is 16.5. The van der Waals surface area contributed by atoms with Crippen LogP contribution < -0.4 is 4.90 Å². The van der Waals surface area contributed by atoms with Gasteiger partial charge in [-0.3, -0.25) is 4.79 Å². The Bertz CT molecular complexity index is 786. The minimum absolute atomic E-state index is 0.0656. The van der Waals surface area contributed by atoms with E-state index in [1.54, 1.807) is 18.9 Å². The monoisotopic (exact) mass is 359 g/mol. The van der Waals surface area contributed by atoms with E-state index in [-0.39, 0.29) is 18.9 Å². The summed E-state index contributed by atoms with van der Waals surface area (Å²) < 4.78 is 5.11. The van der Waals surface area contributed by atoms with Gasteiger partial charge in [0, 0.05) is 37.5 Å². The number of aromatic nitrogens is 3. The van der Waals surface area contributed by atoms with Crippen LogP contribution in [-0.4, -0.2) is 63.3 Å². The van der Waals surface area contributed by atoms with Crippen LogP contribution in [0.1, 0.15) is 29.1 Å². The molecular weight excluding hydrogens is 334 g/mol. The number of anilines is 1. The summed E-state index contributed by atoms with van der Waals surface area (Å²) in [5, 5.41) is 14.8. The Morgan fingerprint density at radius 2 is 2.15 bits per heavy atom. The summed E-state index contributed by atoms with van der Waals surface area (Å²) in [6.45, 7) is 6.94. The van der Waals surface area contributed by atoms with Crippen molar-refractivity contribution in [2.75, 3.05) is 31.6 Å². The standard InChI is InChI=1S/C18H25N5O3/c1-12-7-16(20-11-19-12)23-6-5-18(25,10-23)9-22(4)17(24)8-15-13(2)21-26-14(15)3/h7,11,25H,5-6,8-10H2,1-4H3/t18-/m1/s1. The third-order valence-corrected chi connectivity index (χ3v) is 4.91. The number of amides is 1. The molecule has 0 bridgehead atoms. The molecule has 1 N–H and O–H groups in total. The second-order valence-electron chi connectivity index (χ2n) is 7.14. The fraction of sp³-hybridized carbons (Fsp3) is 0.556. The lowest BCUT2D eigenvalue weighted by Gasteiger charge is -2.29. The number of carbonyl (C=O) groups is 1. The molecule has 2 aromatic heterocycles. The summed E-state index contributed by atoms with van der Waals surface area (Å²) in [6, 6.07) is 1.90. The molecule has 1 aliphatic rings. The molecular formula is C18H25N5O3. The summed E-state index contributed by atoms with van der Waals surface area (Å²) in [4.78, 5) is 24.5. The Balaban J connectivity index is 1.62. The van der Waals surface area contributed by atoms with E-state index in [1.807, 2.05) is 24.8 Å². The van der Waals surface area contributed by atoms with Crippen LogP contribution in [0.5, 0.6) is 0 Å². The summed E-state index contributed by atoms with van der Waals surface area (Å²) in [6.07, 6.45) is 2.34. The Morgan fingerprint density at radius 1 is 1.38 bits per heavy atom. The summed E-state index contributed by atoms with van der Waals surface area (Å²) >= 11 is 0. The smallest absolute Gasteiger partial charge is 0.227 e. The van der Waals surface area contributed by atoms with Crippen LogP contribution in [0.4, 0.5) is 5.82 Å². The SMILES string of the molecule is Cc1cc(N2CC[C@@](O)(CN(C)C(=O)Cc3c(C)noc3C)C2)ncn1. The predicted octanol–water partition coefficient (Wildman–Crippen LogP) is 1.03. The van der Waals surface area contributed by atoms with Crippen molar-refractivity contribution >= 4 is 11.7 Å². The van der Waals surface area contributed by atoms with Gasteiger partial charge in [-0.05, 0) is 27.2 Å². The zero-order chi connectivity index (χ0) is 18.9. The van der Waals surface area contributed by atoms with E-state index in [1.165, 1.54) is 6.33 Å². The molecule has 0 radical (unpaired) electrons. The highest BCUT2D eigenvalue weighted by molar-refractivity contribution is 5.79. The fourth-order valence-electron chi connectivity index (χ4n) is 3.36. The first-order valence-corrected chi connectivity index (χ1v) is 8.69. The number of likely N-dealkylation sites (N-methyl/N-ethyl adjacent to an activating group) is 1. The van der Waals surface area contributed by atoms with Crippen molar-refractivity contribution in [3.8, 4) is 0 Å². The van der Waals surface area contributed by atoms with Crippen molar-refractivity contribution in [1.82, 2.24) is 20.0 Å². The van der Waals surface area contributed by atoms with Gasteiger partial charge in [0.2, 0.25) is 5.91 Å². The van der Waals surface area contributed by atoms with Gasteiger partial charge in [-0.1, -0.05) is 5.16 Å². The van der Waals surface area contributed by atoms with Crippen LogP contribution in [-0.2, 0) is 11.2 Å². The first-order chi connectivity index (χ1) is 12.3. The highest BCUT2D eigenvalue weighted by Crippen LogP contribution is 2.26. The molecule has 140 valence electrons.